The Bertz CT molecular complexity index is 512. The van der Waals surface area contributed by atoms with Crippen LogP contribution in [-0.2, 0) is 6.54 Å². The predicted octanol–water partition coefficient (Wildman–Crippen LogP) is 3.62. The number of nitrogens with zero attached hydrogens (tertiary/aromatic N) is 3. The number of nitro benzene ring substituents is 1. The van der Waals surface area contributed by atoms with Crippen LogP contribution in [0.3, 0.4) is 0 Å². The third-order valence-electron chi connectivity index (χ3n) is 2.84. The molecule has 0 amide bonds. The topological polar surface area (TPSA) is 70.2 Å². The summed E-state index contributed by atoms with van der Waals surface area (Å²) < 4.78 is 0. The Morgan fingerprint density at radius 3 is 2.75 bits per heavy atom. The van der Waals surface area contributed by atoms with E-state index in [4.69, 9.17) is 16.9 Å². The molecule has 20 heavy (non-hydrogen) atoms. The Balaban J connectivity index is 2.97. The van der Waals surface area contributed by atoms with Crippen molar-refractivity contribution in [1.82, 2.24) is 4.90 Å². The van der Waals surface area contributed by atoms with Crippen LogP contribution in [0.2, 0.25) is 5.02 Å². The van der Waals surface area contributed by atoms with E-state index < -0.39 is 4.92 Å². The Labute approximate surface area is 123 Å². The molecule has 5 nitrogen and oxygen atoms in total. The van der Waals surface area contributed by atoms with E-state index in [1.807, 2.05) is 4.90 Å². The maximum Gasteiger partial charge on any atom is 0.275 e. The van der Waals surface area contributed by atoms with Gasteiger partial charge in [0.15, 0.2) is 0 Å². The van der Waals surface area contributed by atoms with Crippen molar-refractivity contribution in [3.63, 3.8) is 0 Å². The standard InChI is InChI=1S/C14H18ClN3O2/c1-11(2)9-17(8-4-7-16)10-12-13(15)5-3-6-14(12)18(19)20/h3,5-6,11H,4,8-10H2,1-2H3. The van der Waals surface area contributed by atoms with E-state index >= 15 is 0 Å². The lowest BCUT2D eigenvalue weighted by atomic mass is 10.1. The van der Waals surface area contributed by atoms with E-state index in [2.05, 4.69) is 19.9 Å². The molecule has 108 valence electrons. The maximum absolute atomic E-state index is 11.1. The molecule has 0 aliphatic carbocycles. The predicted molar refractivity (Wildman–Crippen MR) is 78.5 cm³/mol. The number of halogens is 1. The molecule has 0 saturated heterocycles. The zero-order valence-electron chi connectivity index (χ0n) is 11.7. The first-order valence-corrected chi connectivity index (χ1v) is 6.84. The normalized spacial score (nSPS) is 10.8. The lowest BCUT2D eigenvalue weighted by Crippen LogP contribution is -2.28. The van der Waals surface area contributed by atoms with Crippen molar-refractivity contribution in [3.8, 4) is 6.07 Å². The lowest BCUT2D eigenvalue weighted by molar-refractivity contribution is -0.385. The molecule has 0 heterocycles. The van der Waals surface area contributed by atoms with Gasteiger partial charge in [-0.05, 0) is 12.0 Å². The highest BCUT2D eigenvalue weighted by Gasteiger charge is 2.19. The van der Waals surface area contributed by atoms with Crippen LogP contribution in [0, 0.1) is 27.4 Å². The van der Waals surface area contributed by atoms with Gasteiger partial charge in [-0.15, -0.1) is 0 Å². The smallest absolute Gasteiger partial charge is 0.275 e. The highest BCUT2D eigenvalue weighted by atomic mass is 35.5. The van der Waals surface area contributed by atoms with Crippen LogP contribution in [0.25, 0.3) is 0 Å². The summed E-state index contributed by atoms with van der Waals surface area (Å²) in [6, 6.07) is 6.79. The van der Waals surface area contributed by atoms with Gasteiger partial charge in [0.25, 0.3) is 5.69 Å². The fourth-order valence-electron chi connectivity index (χ4n) is 2.06. The number of nitro groups is 1. The van der Waals surface area contributed by atoms with Crippen molar-refractivity contribution in [2.24, 2.45) is 5.92 Å². The molecule has 1 aromatic carbocycles. The van der Waals surface area contributed by atoms with E-state index in [0.29, 0.717) is 36.0 Å². The molecule has 1 rings (SSSR count). The van der Waals surface area contributed by atoms with Crippen LogP contribution in [0.1, 0.15) is 25.8 Å². The van der Waals surface area contributed by atoms with E-state index in [1.165, 1.54) is 6.07 Å². The van der Waals surface area contributed by atoms with Crippen LogP contribution < -0.4 is 0 Å². The molecule has 0 radical (unpaired) electrons. The summed E-state index contributed by atoms with van der Waals surface area (Å²) >= 11 is 6.09. The summed E-state index contributed by atoms with van der Waals surface area (Å²) in [6.45, 7) is 5.87. The maximum atomic E-state index is 11.1. The van der Waals surface area contributed by atoms with Gasteiger partial charge in [-0.3, -0.25) is 15.0 Å². The second-order valence-corrected chi connectivity index (χ2v) is 5.44. The number of rotatable bonds is 7. The Morgan fingerprint density at radius 1 is 1.50 bits per heavy atom. The number of hydrogen-bond acceptors (Lipinski definition) is 4. The minimum absolute atomic E-state index is 0.0308. The summed E-state index contributed by atoms with van der Waals surface area (Å²) in [5.41, 5.74) is 0.543. The van der Waals surface area contributed by atoms with E-state index in [0.717, 1.165) is 6.54 Å². The molecule has 0 aromatic heterocycles. The van der Waals surface area contributed by atoms with Gasteiger partial charge in [0.05, 0.1) is 21.6 Å². The van der Waals surface area contributed by atoms with Gasteiger partial charge in [-0.25, -0.2) is 0 Å². The Hall–Kier alpha value is -1.64. The second-order valence-electron chi connectivity index (χ2n) is 5.03. The van der Waals surface area contributed by atoms with Crippen molar-refractivity contribution in [2.75, 3.05) is 13.1 Å². The summed E-state index contributed by atoms with van der Waals surface area (Å²) in [5.74, 6) is 0.412. The number of hydrogen-bond donors (Lipinski definition) is 0. The number of nitriles is 1. The van der Waals surface area contributed by atoms with Gasteiger partial charge >= 0.3 is 0 Å². The van der Waals surface area contributed by atoms with E-state index in [9.17, 15) is 10.1 Å². The third-order valence-corrected chi connectivity index (χ3v) is 3.19. The average Bonchev–Trinajstić information content (AvgIpc) is 2.37. The molecule has 0 unspecified atom stereocenters. The zero-order valence-corrected chi connectivity index (χ0v) is 12.4. The molecule has 0 aliphatic rings. The zero-order chi connectivity index (χ0) is 15.1. The van der Waals surface area contributed by atoms with Crippen molar-refractivity contribution in [1.29, 1.82) is 5.26 Å². The molecule has 6 heteroatoms. The van der Waals surface area contributed by atoms with Crippen LogP contribution in [0.15, 0.2) is 18.2 Å². The minimum Gasteiger partial charge on any atom is -0.297 e. The summed E-state index contributed by atoms with van der Waals surface area (Å²) in [7, 11) is 0. The van der Waals surface area contributed by atoms with Crippen molar-refractivity contribution in [3.05, 3.63) is 38.9 Å². The van der Waals surface area contributed by atoms with E-state index in [-0.39, 0.29) is 5.69 Å². The molecule has 1 aromatic rings. The van der Waals surface area contributed by atoms with Gasteiger partial charge in [0.2, 0.25) is 0 Å². The quantitative estimate of drug-likeness (QED) is 0.569. The molecule has 0 saturated carbocycles. The third kappa shape index (κ3) is 4.80. The van der Waals surface area contributed by atoms with Gasteiger partial charge < -0.3 is 0 Å². The molecule has 0 bridgehead atoms. The molecular weight excluding hydrogens is 278 g/mol. The fourth-order valence-corrected chi connectivity index (χ4v) is 2.29. The molecular formula is C14H18ClN3O2. The second kappa shape index (κ2) is 7.83. The molecule has 0 spiro atoms. The van der Waals surface area contributed by atoms with Crippen LogP contribution in [0.4, 0.5) is 5.69 Å². The lowest BCUT2D eigenvalue weighted by Gasteiger charge is -2.23. The van der Waals surface area contributed by atoms with Gasteiger partial charge in [0.1, 0.15) is 0 Å². The number of benzene rings is 1. The van der Waals surface area contributed by atoms with Crippen LogP contribution in [0.5, 0.6) is 0 Å². The first-order chi connectivity index (χ1) is 9.45. The van der Waals surface area contributed by atoms with Crippen molar-refractivity contribution in [2.45, 2.75) is 26.8 Å². The van der Waals surface area contributed by atoms with Crippen molar-refractivity contribution >= 4 is 17.3 Å². The first-order valence-electron chi connectivity index (χ1n) is 6.46. The Morgan fingerprint density at radius 2 is 2.20 bits per heavy atom. The summed E-state index contributed by atoms with van der Waals surface area (Å²) in [5, 5.41) is 20.2. The average molecular weight is 296 g/mol. The monoisotopic (exact) mass is 295 g/mol. The fraction of sp³-hybridized carbons (Fsp3) is 0.500. The largest absolute Gasteiger partial charge is 0.297 e. The van der Waals surface area contributed by atoms with Crippen LogP contribution >= 0.6 is 11.6 Å². The first kappa shape index (κ1) is 16.4. The molecule has 0 aliphatic heterocycles. The highest BCUT2D eigenvalue weighted by Crippen LogP contribution is 2.27. The van der Waals surface area contributed by atoms with Crippen LogP contribution in [-0.4, -0.2) is 22.9 Å². The Kier molecular flexibility index (Phi) is 6.43. The van der Waals surface area contributed by atoms with Gasteiger partial charge in [0, 0.05) is 32.1 Å². The molecule has 0 atom stereocenters. The SMILES string of the molecule is CC(C)CN(CCC#N)Cc1c(Cl)cccc1[N+](=O)[O-]. The summed E-state index contributed by atoms with van der Waals surface area (Å²) in [4.78, 5) is 12.7. The van der Waals surface area contributed by atoms with Gasteiger partial charge in [-0.1, -0.05) is 31.5 Å². The molecule has 0 N–H and O–H groups in total. The van der Waals surface area contributed by atoms with Crippen molar-refractivity contribution < 1.29 is 4.92 Å². The van der Waals surface area contributed by atoms with E-state index in [1.54, 1.807) is 12.1 Å². The summed E-state index contributed by atoms with van der Waals surface area (Å²) in [6.07, 6.45) is 0.394. The van der Waals surface area contributed by atoms with Gasteiger partial charge in [-0.2, -0.15) is 5.26 Å². The minimum atomic E-state index is -0.418. The molecule has 0 fully saturated rings. The highest BCUT2D eigenvalue weighted by molar-refractivity contribution is 6.31.